The topological polar surface area (TPSA) is 147 Å². The molecule has 11 nitrogen and oxygen atoms in total. The van der Waals surface area contributed by atoms with Crippen molar-refractivity contribution in [3.05, 3.63) is 71.2 Å². The Bertz CT molecular complexity index is 1510. The van der Waals surface area contributed by atoms with Crippen LogP contribution in [-0.2, 0) is 38.1 Å². The molecule has 0 radical (unpaired) electrons. The monoisotopic (exact) mass is 582 g/mol. The molecule has 1 aromatic carbocycles. The summed E-state index contributed by atoms with van der Waals surface area (Å²) in [6.45, 7) is 2.68. The number of benzene rings is 1. The molecule has 13 heteroatoms. The summed E-state index contributed by atoms with van der Waals surface area (Å²) in [5.74, 6) is -1.11. The number of amides is 1. The average Bonchev–Trinajstić information content (AvgIpc) is 3.36. The van der Waals surface area contributed by atoms with E-state index < -0.39 is 27.8 Å². The predicted octanol–water partition coefficient (Wildman–Crippen LogP) is 3.02. The van der Waals surface area contributed by atoms with E-state index in [1.807, 2.05) is 22.7 Å². The molecular formula is C27H30N6O5S2. The zero-order chi connectivity index (χ0) is 28.7. The highest BCUT2D eigenvalue weighted by Crippen LogP contribution is 2.30. The first-order valence-corrected chi connectivity index (χ1v) is 15.4. The minimum Gasteiger partial charge on any atom is -0.462 e. The highest BCUT2D eigenvalue weighted by molar-refractivity contribution is 7.98. The molecule has 0 unspecified atom stereocenters. The van der Waals surface area contributed by atoms with E-state index >= 15 is 0 Å². The number of ether oxygens (including phenoxy) is 1. The Morgan fingerprint density at radius 3 is 2.58 bits per heavy atom. The van der Waals surface area contributed by atoms with Crippen LogP contribution in [0.2, 0.25) is 0 Å². The number of pyridine rings is 1. The molecule has 2 aromatic heterocycles. The van der Waals surface area contributed by atoms with Gasteiger partial charge in [-0.1, -0.05) is 42.1 Å². The molecule has 4 rings (SSSR count). The predicted molar refractivity (Wildman–Crippen MR) is 150 cm³/mol. The molecule has 1 saturated heterocycles. The SMILES string of the molecule is CCOC(=O)c1cc(C#N)c(N2CCC(C(=O)NS(=O)(=O)Cc3ccccc3)CC2)nc1CSc1nccn1C. The first kappa shape index (κ1) is 29.1. The quantitative estimate of drug-likeness (QED) is 0.279. The van der Waals surface area contributed by atoms with E-state index in [-0.39, 0.29) is 23.5 Å². The fourth-order valence-electron chi connectivity index (χ4n) is 4.40. The largest absolute Gasteiger partial charge is 0.462 e. The number of rotatable bonds is 10. The van der Waals surface area contributed by atoms with Gasteiger partial charge in [-0.2, -0.15) is 5.26 Å². The van der Waals surface area contributed by atoms with Gasteiger partial charge in [-0.25, -0.2) is 23.2 Å². The highest BCUT2D eigenvalue weighted by atomic mass is 32.2. The summed E-state index contributed by atoms with van der Waals surface area (Å²) in [4.78, 5) is 36.4. The summed E-state index contributed by atoms with van der Waals surface area (Å²) in [5, 5.41) is 10.6. The van der Waals surface area contributed by atoms with Crippen molar-refractivity contribution in [1.29, 1.82) is 5.26 Å². The molecule has 1 aliphatic rings. The third-order valence-corrected chi connectivity index (χ3v) is 8.73. The van der Waals surface area contributed by atoms with Crippen molar-refractivity contribution in [2.24, 2.45) is 13.0 Å². The van der Waals surface area contributed by atoms with Gasteiger partial charge in [-0.15, -0.1) is 0 Å². The molecule has 40 heavy (non-hydrogen) atoms. The van der Waals surface area contributed by atoms with Gasteiger partial charge in [0.2, 0.25) is 15.9 Å². The molecule has 0 atom stereocenters. The summed E-state index contributed by atoms with van der Waals surface area (Å²) in [5.41, 5.74) is 1.51. The summed E-state index contributed by atoms with van der Waals surface area (Å²) in [7, 11) is -1.97. The molecule has 1 amide bonds. The van der Waals surface area contributed by atoms with Crippen molar-refractivity contribution in [2.75, 3.05) is 24.6 Å². The normalized spacial score (nSPS) is 14.0. The number of nitrogens with one attached hydrogen (secondary N) is 1. The van der Waals surface area contributed by atoms with Crippen molar-refractivity contribution in [3.63, 3.8) is 0 Å². The molecule has 0 aliphatic carbocycles. The van der Waals surface area contributed by atoms with E-state index in [9.17, 15) is 23.3 Å². The van der Waals surface area contributed by atoms with Crippen LogP contribution in [-0.4, -0.2) is 54.5 Å². The van der Waals surface area contributed by atoms with Gasteiger partial charge in [0.15, 0.2) is 5.16 Å². The lowest BCUT2D eigenvalue weighted by Crippen LogP contribution is -2.43. The van der Waals surface area contributed by atoms with Gasteiger partial charge in [0.05, 0.1) is 29.2 Å². The van der Waals surface area contributed by atoms with Crippen LogP contribution < -0.4 is 9.62 Å². The highest BCUT2D eigenvalue weighted by Gasteiger charge is 2.30. The Morgan fingerprint density at radius 1 is 1.23 bits per heavy atom. The Labute approximate surface area is 237 Å². The molecular weight excluding hydrogens is 552 g/mol. The standard InChI is InChI=1S/C27H30N6O5S2/c1-3-38-26(35)22-15-21(16-28)24(30-23(22)17-39-27-29-11-14-32(27)2)33-12-9-20(10-13-33)25(34)31-40(36,37)18-19-7-5-4-6-8-19/h4-8,11,14-15,20H,3,9-10,12-13,17-18H2,1-2H3,(H,31,34). The number of sulfonamides is 1. The lowest BCUT2D eigenvalue weighted by Gasteiger charge is -2.33. The second-order valence-corrected chi connectivity index (χ2v) is 11.9. The second-order valence-electron chi connectivity index (χ2n) is 9.27. The summed E-state index contributed by atoms with van der Waals surface area (Å²) < 4.78 is 34.3. The van der Waals surface area contributed by atoms with Crippen molar-refractivity contribution in [1.82, 2.24) is 19.3 Å². The minimum absolute atomic E-state index is 0.186. The van der Waals surface area contributed by atoms with Crippen LogP contribution in [0.1, 0.15) is 46.9 Å². The fraction of sp³-hybridized carbons (Fsp3) is 0.370. The number of carbonyl (C=O) groups excluding carboxylic acids is 2. The van der Waals surface area contributed by atoms with E-state index in [1.165, 1.54) is 17.8 Å². The van der Waals surface area contributed by atoms with Gasteiger partial charge in [-0.3, -0.25) is 9.52 Å². The van der Waals surface area contributed by atoms with Gasteiger partial charge < -0.3 is 14.2 Å². The molecule has 1 fully saturated rings. The van der Waals surface area contributed by atoms with Crippen molar-refractivity contribution < 1.29 is 22.7 Å². The lowest BCUT2D eigenvalue weighted by molar-refractivity contribution is -0.123. The van der Waals surface area contributed by atoms with E-state index in [0.29, 0.717) is 48.8 Å². The van der Waals surface area contributed by atoms with Crippen LogP contribution >= 0.6 is 11.8 Å². The Morgan fingerprint density at radius 2 is 1.95 bits per heavy atom. The number of anilines is 1. The fourth-order valence-corrected chi connectivity index (χ4v) is 6.47. The molecule has 0 spiro atoms. The number of thioether (sulfide) groups is 1. The summed E-state index contributed by atoms with van der Waals surface area (Å²) in [6, 6.07) is 12.3. The molecule has 3 aromatic rings. The van der Waals surface area contributed by atoms with Crippen molar-refractivity contribution in [2.45, 2.75) is 36.4 Å². The van der Waals surface area contributed by atoms with Crippen LogP contribution in [0.4, 0.5) is 5.82 Å². The van der Waals surface area contributed by atoms with Gasteiger partial charge in [0.25, 0.3) is 0 Å². The number of imidazole rings is 1. The maximum Gasteiger partial charge on any atom is 0.340 e. The molecule has 3 heterocycles. The van der Waals surface area contributed by atoms with Crippen molar-refractivity contribution in [3.8, 4) is 6.07 Å². The van der Waals surface area contributed by atoms with Crippen LogP contribution in [0.3, 0.4) is 0 Å². The number of nitrogens with zero attached hydrogens (tertiary/aromatic N) is 5. The lowest BCUT2D eigenvalue weighted by atomic mass is 9.96. The molecule has 1 aliphatic heterocycles. The average molecular weight is 583 g/mol. The number of aryl methyl sites for hydroxylation is 1. The molecule has 0 bridgehead atoms. The molecule has 210 valence electrons. The molecule has 0 saturated carbocycles. The van der Waals surface area contributed by atoms with E-state index in [1.54, 1.807) is 43.5 Å². The zero-order valence-electron chi connectivity index (χ0n) is 22.2. The number of piperidine rings is 1. The van der Waals surface area contributed by atoms with E-state index in [2.05, 4.69) is 15.8 Å². The van der Waals surface area contributed by atoms with Gasteiger partial charge in [0.1, 0.15) is 11.9 Å². The number of hydrogen-bond acceptors (Lipinski definition) is 10. The Hall–Kier alpha value is -3.89. The second kappa shape index (κ2) is 13.0. The first-order chi connectivity index (χ1) is 19.2. The van der Waals surface area contributed by atoms with E-state index in [0.717, 1.165) is 5.16 Å². The third kappa shape index (κ3) is 7.19. The Balaban J connectivity index is 1.47. The van der Waals surface area contributed by atoms with E-state index in [4.69, 9.17) is 9.72 Å². The van der Waals surface area contributed by atoms with Gasteiger partial charge in [0, 0.05) is 44.2 Å². The minimum atomic E-state index is -3.83. The van der Waals surface area contributed by atoms with Crippen LogP contribution in [0.25, 0.3) is 0 Å². The number of carbonyl (C=O) groups is 2. The maximum atomic E-state index is 12.8. The number of hydrogen-bond donors (Lipinski definition) is 1. The smallest absolute Gasteiger partial charge is 0.340 e. The number of aromatic nitrogens is 3. The third-order valence-electron chi connectivity index (χ3n) is 6.43. The Kier molecular flexibility index (Phi) is 9.44. The van der Waals surface area contributed by atoms with Crippen LogP contribution in [0.5, 0.6) is 0 Å². The van der Waals surface area contributed by atoms with Crippen LogP contribution in [0, 0.1) is 17.2 Å². The molecule has 1 N–H and O–H groups in total. The maximum absolute atomic E-state index is 12.8. The summed E-state index contributed by atoms with van der Waals surface area (Å²) >= 11 is 1.41. The van der Waals surface area contributed by atoms with Gasteiger partial charge in [-0.05, 0) is 31.4 Å². The van der Waals surface area contributed by atoms with Crippen LogP contribution in [0.15, 0.2) is 53.9 Å². The first-order valence-electron chi connectivity index (χ1n) is 12.7. The number of esters is 1. The zero-order valence-corrected chi connectivity index (χ0v) is 23.9. The van der Waals surface area contributed by atoms with Crippen molar-refractivity contribution >= 4 is 39.5 Å². The number of nitriles is 1. The van der Waals surface area contributed by atoms with Gasteiger partial charge >= 0.3 is 5.97 Å². The summed E-state index contributed by atoms with van der Waals surface area (Å²) in [6.07, 6.45) is 4.27.